The zero-order chi connectivity index (χ0) is 15.2. The van der Waals surface area contributed by atoms with Crippen LogP contribution in [-0.4, -0.2) is 38.0 Å². The second-order valence-electron chi connectivity index (χ2n) is 3.86. The molecular weight excluding hydrogens is 314 g/mol. The van der Waals surface area contributed by atoms with E-state index < -0.39 is 5.97 Å². The number of benzene rings is 1. The fraction of sp³-hybridized carbons (Fsp3) is 0.167. The summed E-state index contributed by atoms with van der Waals surface area (Å²) in [6.45, 7) is -0.0809. The lowest BCUT2D eigenvalue weighted by Crippen LogP contribution is -2.11. The van der Waals surface area contributed by atoms with Gasteiger partial charge >= 0.3 is 5.97 Å². The third-order valence-electron chi connectivity index (χ3n) is 2.34. The van der Waals surface area contributed by atoms with Crippen LogP contribution in [0.25, 0.3) is 0 Å². The maximum Gasteiger partial charge on any atom is 0.313 e. The number of carbonyl (C=O) groups is 2. The summed E-state index contributed by atoms with van der Waals surface area (Å²) in [4.78, 5) is 22.4. The Labute approximate surface area is 128 Å². The van der Waals surface area contributed by atoms with E-state index in [4.69, 9.17) is 10.2 Å². The van der Waals surface area contributed by atoms with Gasteiger partial charge in [0, 0.05) is 5.56 Å². The zero-order valence-corrected chi connectivity index (χ0v) is 12.3. The minimum Gasteiger partial charge on any atom is -0.481 e. The highest BCUT2D eigenvalue weighted by Gasteiger charge is 2.11. The van der Waals surface area contributed by atoms with Crippen molar-refractivity contribution in [2.75, 3.05) is 11.1 Å². The summed E-state index contributed by atoms with van der Waals surface area (Å²) in [6, 6.07) is 6.51. The van der Waals surface area contributed by atoms with Gasteiger partial charge in [0.25, 0.3) is 5.91 Å². The summed E-state index contributed by atoms with van der Waals surface area (Å²) < 4.78 is 0.475. The molecule has 2 rings (SSSR count). The number of nitrogens with zero attached hydrogens (tertiary/aromatic N) is 2. The minimum absolute atomic E-state index is 0.0809. The summed E-state index contributed by atoms with van der Waals surface area (Å²) in [6.07, 6.45) is 0. The van der Waals surface area contributed by atoms with Crippen molar-refractivity contribution in [3.63, 3.8) is 0 Å². The Kier molecular flexibility index (Phi) is 5.26. The van der Waals surface area contributed by atoms with Crippen LogP contribution in [0.1, 0.15) is 15.9 Å². The third-order valence-corrected chi connectivity index (χ3v) is 4.30. The third kappa shape index (κ3) is 4.52. The summed E-state index contributed by atoms with van der Waals surface area (Å²) in [7, 11) is 0. The molecule has 1 aromatic heterocycles. The Hall–Kier alpha value is -1.97. The molecule has 0 saturated heterocycles. The van der Waals surface area contributed by atoms with Crippen LogP contribution in [0.3, 0.4) is 0 Å². The smallest absolute Gasteiger partial charge is 0.313 e. The molecule has 0 aliphatic carbocycles. The van der Waals surface area contributed by atoms with Gasteiger partial charge in [0.05, 0.1) is 12.4 Å². The zero-order valence-electron chi connectivity index (χ0n) is 10.6. The normalized spacial score (nSPS) is 10.3. The van der Waals surface area contributed by atoms with Gasteiger partial charge in [0.15, 0.2) is 4.34 Å². The monoisotopic (exact) mass is 325 g/mol. The van der Waals surface area contributed by atoms with E-state index in [2.05, 4.69) is 15.5 Å². The van der Waals surface area contributed by atoms with Crippen molar-refractivity contribution >= 4 is 40.1 Å². The molecule has 0 radical (unpaired) electrons. The van der Waals surface area contributed by atoms with E-state index >= 15 is 0 Å². The quantitative estimate of drug-likeness (QED) is 0.544. The van der Waals surface area contributed by atoms with Crippen LogP contribution in [0.15, 0.2) is 28.6 Å². The van der Waals surface area contributed by atoms with Crippen molar-refractivity contribution in [1.29, 1.82) is 0 Å². The molecule has 1 aromatic carbocycles. The number of carboxylic acids is 1. The van der Waals surface area contributed by atoms with E-state index in [9.17, 15) is 9.59 Å². The number of amides is 1. The van der Waals surface area contributed by atoms with Crippen molar-refractivity contribution in [3.05, 3.63) is 35.4 Å². The number of carboxylic acid groups (broad SMARTS) is 1. The van der Waals surface area contributed by atoms with Crippen LogP contribution in [0.2, 0.25) is 0 Å². The van der Waals surface area contributed by atoms with Crippen LogP contribution in [0.4, 0.5) is 5.13 Å². The first-order valence-corrected chi connectivity index (χ1v) is 7.58. The number of aliphatic carboxylic acids is 1. The van der Waals surface area contributed by atoms with Crippen molar-refractivity contribution in [2.45, 2.75) is 10.9 Å². The second-order valence-corrected chi connectivity index (χ2v) is 6.06. The maximum absolute atomic E-state index is 12.0. The van der Waals surface area contributed by atoms with Gasteiger partial charge < -0.3 is 10.2 Å². The summed E-state index contributed by atoms with van der Waals surface area (Å²) in [5.74, 6) is -1.39. The van der Waals surface area contributed by atoms with Crippen LogP contribution in [0.5, 0.6) is 0 Å². The summed E-state index contributed by atoms with van der Waals surface area (Å²) in [5, 5.41) is 27.9. The number of anilines is 1. The lowest BCUT2D eigenvalue weighted by molar-refractivity contribution is -0.133. The van der Waals surface area contributed by atoms with Crippen molar-refractivity contribution < 1.29 is 19.8 Å². The highest BCUT2D eigenvalue weighted by molar-refractivity contribution is 8.01. The molecule has 9 heteroatoms. The Bertz CT molecular complexity index is 642. The van der Waals surface area contributed by atoms with Crippen molar-refractivity contribution in [2.24, 2.45) is 0 Å². The van der Waals surface area contributed by atoms with Gasteiger partial charge in [0.1, 0.15) is 0 Å². The van der Waals surface area contributed by atoms with Gasteiger partial charge in [0.2, 0.25) is 5.13 Å². The Morgan fingerprint density at radius 1 is 1.24 bits per heavy atom. The topological polar surface area (TPSA) is 112 Å². The summed E-state index contributed by atoms with van der Waals surface area (Å²) in [5.41, 5.74) is 1.15. The summed E-state index contributed by atoms with van der Waals surface area (Å²) >= 11 is 2.15. The molecule has 0 fully saturated rings. The number of aromatic nitrogens is 2. The van der Waals surface area contributed by atoms with Gasteiger partial charge in [-0.25, -0.2) is 0 Å². The first-order chi connectivity index (χ1) is 10.1. The van der Waals surface area contributed by atoms with Crippen molar-refractivity contribution in [1.82, 2.24) is 10.2 Å². The van der Waals surface area contributed by atoms with Gasteiger partial charge in [-0.15, -0.1) is 10.2 Å². The fourth-order valence-corrected chi connectivity index (χ4v) is 2.84. The number of carbonyl (C=O) groups excluding carboxylic acids is 1. The molecule has 0 aliphatic heterocycles. The van der Waals surface area contributed by atoms with E-state index in [-0.39, 0.29) is 18.3 Å². The molecule has 0 spiro atoms. The number of thioether (sulfide) groups is 1. The lowest BCUT2D eigenvalue weighted by atomic mass is 10.1. The minimum atomic E-state index is -0.940. The molecular formula is C12H11N3O4S2. The molecule has 1 heterocycles. The van der Waals surface area contributed by atoms with Gasteiger partial charge in [-0.1, -0.05) is 35.2 Å². The van der Waals surface area contributed by atoms with Crippen molar-refractivity contribution in [3.8, 4) is 0 Å². The van der Waals surface area contributed by atoms with E-state index in [0.717, 1.165) is 28.7 Å². The average Bonchev–Trinajstić information content (AvgIpc) is 2.92. The number of aliphatic hydroxyl groups is 1. The maximum atomic E-state index is 12.0. The Morgan fingerprint density at radius 2 is 1.95 bits per heavy atom. The molecule has 0 unspecified atom stereocenters. The highest BCUT2D eigenvalue weighted by Crippen LogP contribution is 2.25. The molecule has 110 valence electrons. The molecule has 0 bridgehead atoms. The van der Waals surface area contributed by atoms with Crippen LogP contribution in [0, 0.1) is 0 Å². The SMILES string of the molecule is O=C(O)CSc1nnc(NC(=O)c2ccc(CO)cc2)s1. The number of aliphatic hydroxyl groups excluding tert-OH is 1. The predicted octanol–water partition coefficient (Wildman–Crippen LogP) is 1.46. The van der Waals surface area contributed by atoms with Crippen LogP contribution >= 0.6 is 23.1 Å². The number of hydrogen-bond acceptors (Lipinski definition) is 7. The van der Waals surface area contributed by atoms with Gasteiger partial charge in [-0.05, 0) is 17.7 Å². The van der Waals surface area contributed by atoms with Gasteiger partial charge in [-0.2, -0.15) is 0 Å². The highest BCUT2D eigenvalue weighted by atomic mass is 32.2. The molecule has 21 heavy (non-hydrogen) atoms. The van der Waals surface area contributed by atoms with Gasteiger partial charge in [-0.3, -0.25) is 14.9 Å². The number of hydrogen-bond donors (Lipinski definition) is 3. The molecule has 0 aliphatic rings. The predicted molar refractivity (Wildman–Crippen MR) is 78.6 cm³/mol. The fourth-order valence-electron chi connectivity index (χ4n) is 1.37. The Balaban J connectivity index is 1.97. The van der Waals surface area contributed by atoms with E-state index in [1.165, 1.54) is 0 Å². The van der Waals surface area contributed by atoms with E-state index in [0.29, 0.717) is 15.0 Å². The number of rotatable bonds is 6. The standard InChI is InChI=1S/C12H11N3O4S2/c16-5-7-1-3-8(4-2-7)10(19)13-11-14-15-12(21-11)20-6-9(17)18/h1-4,16H,5-6H2,(H,17,18)(H,13,14,19). The molecule has 0 atom stereocenters. The second kappa shape index (κ2) is 7.16. The molecule has 3 N–H and O–H groups in total. The largest absolute Gasteiger partial charge is 0.481 e. The molecule has 0 saturated carbocycles. The first kappa shape index (κ1) is 15.4. The lowest BCUT2D eigenvalue weighted by Gasteiger charge is -2.02. The van der Waals surface area contributed by atoms with Crippen LogP contribution < -0.4 is 5.32 Å². The Morgan fingerprint density at radius 3 is 2.57 bits per heavy atom. The first-order valence-electron chi connectivity index (χ1n) is 5.77. The average molecular weight is 325 g/mol. The van der Waals surface area contributed by atoms with Crippen LogP contribution in [-0.2, 0) is 11.4 Å². The molecule has 2 aromatic rings. The van der Waals surface area contributed by atoms with E-state index in [1.54, 1.807) is 24.3 Å². The molecule has 1 amide bonds. The molecule has 7 nitrogen and oxygen atoms in total. The van der Waals surface area contributed by atoms with E-state index in [1.807, 2.05) is 0 Å². The number of nitrogens with one attached hydrogen (secondary N) is 1.